The Morgan fingerprint density at radius 1 is 1.08 bits per heavy atom. The molecule has 0 radical (unpaired) electrons. The summed E-state index contributed by atoms with van der Waals surface area (Å²) in [4.78, 5) is 4.10. The van der Waals surface area contributed by atoms with Gasteiger partial charge in [-0.1, -0.05) is 11.8 Å². The number of hydrogen-bond donors (Lipinski definition) is 1. The van der Waals surface area contributed by atoms with E-state index in [2.05, 4.69) is 4.98 Å². The van der Waals surface area contributed by atoms with Gasteiger partial charge in [0.25, 0.3) is 0 Å². The van der Waals surface area contributed by atoms with E-state index in [1.807, 2.05) is 18.3 Å². The third kappa shape index (κ3) is 2.12. The van der Waals surface area contributed by atoms with E-state index in [4.69, 9.17) is 0 Å². The van der Waals surface area contributed by atoms with Crippen molar-refractivity contribution >= 4 is 11.8 Å². The first kappa shape index (κ1) is 8.38. The maximum Gasteiger partial charge on any atom is 0.123 e. The van der Waals surface area contributed by atoms with Crippen LogP contribution >= 0.6 is 11.8 Å². The van der Waals surface area contributed by atoms with E-state index in [1.165, 1.54) is 12.1 Å². The molecule has 0 spiro atoms. The quantitative estimate of drug-likeness (QED) is 0.773. The van der Waals surface area contributed by atoms with Crippen LogP contribution < -0.4 is 0 Å². The number of hydrogen-bond acceptors (Lipinski definition) is 1. The van der Waals surface area contributed by atoms with E-state index in [1.54, 1.807) is 23.9 Å². The maximum atomic E-state index is 12.5. The van der Waals surface area contributed by atoms with Crippen molar-refractivity contribution in [3.63, 3.8) is 0 Å². The number of aromatic amines is 1. The normalized spacial score (nSPS) is 10.2. The lowest BCUT2D eigenvalue weighted by molar-refractivity contribution is 0.626. The predicted molar refractivity (Wildman–Crippen MR) is 51.3 cm³/mol. The summed E-state index contributed by atoms with van der Waals surface area (Å²) in [5, 5.41) is 1.06. The summed E-state index contributed by atoms with van der Waals surface area (Å²) in [6.45, 7) is 0. The average Bonchev–Trinajstić information content (AvgIpc) is 2.62. The van der Waals surface area contributed by atoms with E-state index in [-0.39, 0.29) is 5.82 Å². The largest absolute Gasteiger partial charge is 0.356 e. The topological polar surface area (TPSA) is 15.8 Å². The van der Waals surface area contributed by atoms with Crippen molar-refractivity contribution in [1.29, 1.82) is 0 Å². The van der Waals surface area contributed by atoms with Gasteiger partial charge in [0.15, 0.2) is 0 Å². The highest BCUT2D eigenvalue weighted by Crippen LogP contribution is 2.25. The summed E-state index contributed by atoms with van der Waals surface area (Å²) < 4.78 is 12.5. The Morgan fingerprint density at radius 3 is 2.46 bits per heavy atom. The standard InChI is InChI=1S/C10H8FNS/c11-8-3-5-9(6-4-8)13-10-2-1-7-12-10/h1-7,12H. The lowest BCUT2D eigenvalue weighted by Crippen LogP contribution is -1.74. The molecule has 0 fully saturated rings. The van der Waals surface area contributed by atoms with E-state index in [0.717, 1.165) is 9.92 Å². The van der Waals surface area contributed by atoms with Crippen LogP contribution in [0.15, 0.2) is 52.5 Å². The summed E-state index contributed by atoms with van der Waals surface area (Å²) in [6.07, 6.45) is 1.87. The van der Waals surface area contributed by atoms with Crippen LogP contribution in [0.25, 0.3) is 0 Å². The zero-order valence-electron chi connectivity index (χ0n) is 6.83. The monoisotopic (exact) mass is 193 g/mol. The Balaban J connectivity index is 2.15. The molecule has 1 nitrogen and oxygen atoms in total. The number of aromatic nitrogens is 1. The fourth-order valence-corrected chi connectivity index (χ4v) is 1.81. The molecule has 0 aliphatic heterocycles. The molecule has 0 atom stereocenters. The summed E-state index contributed by atoms with van der Waals surface area (Å²) in [7, 11) is 0. The van der Waals surface area contributed by atoms with Crippen LogP contribution in [-0.2, 0) is 0 Å². The second kappa shape index (κ2) is 3.66. The van der Waals surface area contributed by atoms with Gasteiger partial charge in [0.05, 0.1) is 5.03 Å². The lowest BCUT2D eigenvalue weighted by Gasteiger charge is -1.97. The molecule has 2 rings (SSSR count). The highest BCUT2D eigenvalue weighted by Gasteiger charge is 1.96. The summed E-state index contributed by atoms with van der Waals surface area (Å²) in [5.41, 5.74) is 0. The maximum absolute atomic E-state index is 12.5. The molecule has 0 bridgehead atoms. The van der Waals surface area contributed by atoms with Gasteiger partial charge >= 0.3 is 0 Å². The summed E-state index contributed by atoms with van der Waals surface area (Å²) in [5.74, 6) is -0.198. The second-order valence-corrected chi connectivity index (χ2v) is 3.71. The smallest absolute Gasteiger partial charge is 0.123 e. The minimum Gasteiger partial charge on any atom is -0.356 e. The number of halogens is 1. The summed E-state index contributed by atoms with van der Waals surface area (Å²) >= 11 is 1.58. The van der Waals surface area contributed by atoms with Crippen LogP contribution in [0.4, 0.5) is 4.39 Å². The molecule has 1 aromatic carbocycles. The first-order chi connectivity index (χ1) is 6.34. The van der Waals surface area contributed by atoms with E-state index < -0.39 is 0 Å². The highest BCUT2D eigenvalue weighted by molar-refractivity contribution is 7.99. The molecule has 0 aliphatic rings. The molecular formula is C10H8FNS. The Bertz CT molecular complexity index is 366. The number of nitrogens with one attached hydrogen (secondary N) is 1. The summed E-state index contributed by atoms with van der Waals surface area (Å²) in [6, 6.07) is 10.4. The van der Waals surface area contributed by atoms with Gasteiger partial charge in [0, 0.05) is 11.1 Å². The molecule has 3 heteroatoms. The van der Waals surface area contributed by atoms with Gasteiger partial charge in [-0.25, -0.2) is 4.39 Å². The molecule has 0 unspecified atom stereocenters. The van der Waals surface area contributed by atoms with Crippen molar-refractivity contribution in [2.75, 3.05) is 0 Å². The minimum atomic E-state index is -0.198. The van der Waals surface area contributed by atoms with E-state index in [0.29, 0.717) is 0 Å². The SMILES string of the molecule is Fc1ccc(Sc2ccc[nH]2)cc1. The Labute approximate surface area is 80.0 Å². The zero-order valence-corrected chi connectivity index (χ0v) is 7.64. The van der Waals surface area contributed by atoms with Gasteiger partial charge in [-0.2, -0.15) is 0 Å². The van der Waals surface area contributed by atoms with Crippen LogP contribution in [0.5, 0.6) is 0 Å². The van der Waals surface area contributed by atoms with Crippen molar-refractivity contribution in [3.05, 3.63) is 48.4 Å². The molecule has 13 heavy (non-hydrogen) atoms. The molecule has 0 saturated heterocycles. The van der Waals surface area contributed by atoms with Crippen LogP contribution in [0.1, 0.15) is 0 Å². The van der Waals surface area contributed by atoms with Crippen LogP contribution in [-0.4, -0.2) is 4.98 Å². The van der Waals surface area contributed by atoms with Gasteiger partial charge in [-0.15, -0.1) is 0 Å². The van der Waals surface area contributed by atoms with Crippen LogP contribution in [0.3, 0.4) is 0 Å². The van der Waals surface area contributed by atoms with Gasteiger partial charge in [0.1, 0.15) is 5.82 Å². The number of benzene rings is 1. The van der Waals surface area contributed by atoms with Crippen molar-refractivity contribution in [1.82, 2.24) is 4.98 Å². The number of rotatable bonds is 2. The lowest BCUT2D eigenvalue weighted by atomic mass is 10.4. The molecule has 1 aromatic heterocycles. The van der Waals surface area contributed by atoms with Crippen molar-refractivity contribution < 1.29 is 4.39 Å². The Morgan fingerprint density at radius 2 is 1.85 bits per heavy atom. The van der Waals surface area contributed by atoms with Crippen molar-refractivity contribution in [3.8, 4) is 0 Å². The Hall–Kier alpha value is -1.22. The molecule has 0 saturated carbocycles. The van der Waals surface area contributed by atoms with Gasteiger partial charge in [0.2, 0.25) is 0 Å². The first-order valence-corrected chi connectivity index (χ1v) is 4.73. The molecule has 0 aliphatic carbocycles. The fourth-order valence-electron chi connectivity index (χ4n) is 1.01. The van der Waals surface area contributed by atoms with Gasteiger partial charge < -0.3 is 4.98 Å². The van der Waals surface area contributed by atoms with E-state index in [9.17, 15) is 4.39 Å². The highest BCUT2D eigenvalue weighted by atomic mass is 32.2. The van der Waals surface area contributed by atoms with Gasteiger partial charge in [-0.3, -0.25) is 0 Å². The van der Waals surface area contributed by atoms with Crippen LogP contribution in [0, 0.1) is 5.82 Å². The van der Waals surface area contributed by atoms with E-state index >= 15 is 0 Å². The zero-order chi connectivity index (χ0) is 9.10. The van der Waals surface area contributed by atoms with Gasteiger partial charge in [-0.05, 0) is 36.4 Å². The first-order valence-electron chi connectivity index (χ1n) is 3.91. The van der Waals surface area contributed by atoms with Crippen LogP contribution in [0.2, 0.25) is 0 Å². The second-order valence-electron chi connectivity index (χ2n) is 2.59. The molecule has 1 N–H and O–H groups in total. The molecule has 66 valence electrons. The third-order valence-electron chi connectivity index (χ3n) is 1.61. The molecule has 1 heterocycles. The number of H-pyrrole nitrogens is 1. The average molecular weight is 193 g/mol. The Kier molecular flexibility index (Phi) is 2.36. The molecule has 2 aromatic rings. The van der Waals surface area contributed by atoms with Crippen molar-refractivity contribution in [2.24, 2.45) is 0 Å². The predicted octanol–water partition coefficient (Wildman–Crippen LogP) is 3.31. The molecule has 0 amide bonds. The van der Waals surface area contributed by atoms with Crippen molar-refractivity contribution in [2.45, 2.75) is 9.92 Å². The third-order valence-corrected chi connectivity index (χ3v) is 2.59. The molecular weight excluding hydrogens is 185 g/mol. The fraction of sp³-hybridized carbons (Fsp3) is 0. The minimum absolute atomic E-state index is 0.198.